The second-order valence-corrected chi connectivity index (χ2v) is 8.26. The van der Waals surface area contributed by atoms with Gasteiger partial charge in [0, 0.05) is 12.1 Å². The Morgan fingerprint density at radius 2 is 1.63 bits per heavy atom. The maximum absolute atomic E-state index is 12.7. The zero-order valence-electron chi connectivity index (χ0n) is 15.9. The highest BCUT2D eigenvalue weighted by molar-refractivity contribution is 7.87. The highest BCUT2D eigenvalue weighted by Crippen LogP contribution is 2.33. The molecule has 0 fully saturated rings. The van der Waals surface area contributed by atoms with Gasteiger partial charge in [-0.25, -0.2) is 0 Å². The molecule has 0 aromatic heterocycles. The normalized spacial score (nSPS) is 11.7. The lowest BCUT2D eigenvalue weighted by Crippen LogP contribution is -2.15. The SMILES string of the molecule is COc1ccc2ccc(OS(=O)(=O)c3ccc(C)cc3)c(CN(C)C)c2c1. The van der Waals surface area contributed by atoms with Crippen molar-refractivity contribution in [1.29, 1.82) is 0 Å². The van der Waals surface area contributed by atoms with Gasteiger partial charge in [-0.05, 0) is 62.1 Å². The van der Waals surface area contributed by atoms with Crippen LogP contribution in [-0.4, -0.2) is 34.5 Å². The molecule has 0 N–H and O–H groups in total. The first-order valence-electron chi connectivity index (χ1n) is 8.55. The van der Waals surface area contributed by atoms with Crippen molar-refractivity contribution in [1.82, 2.24) is 4.90 Å². The van der Waals surface area contributed by atoms with Crippen LogP contribution in [-0.2, 0) is 16.7 Å². The van der Waals surface area contributed by atoms with Crippen LogP contribution in [0.3, 0.4) is 0 Å². The van der Waals surface area contributed by atoms with Crippen molar-refractivity contribution in [3.8, 4) is 11.5 Å². The summed E-state index contributed by atoms with van der Waals surface area (Å²) in [5.41, 5.74) is 1.78. The van der Waals surface area contributed by atoms with Gasteiger partial charge >= 0.3 is 10.1 Å². The van der Waals surface area contributed by atoms with E-state index in [1.54, 1.807) is 37.4 Å². The molecule has 6 heteroatoms. The maximum atomic E-state index is 12.7. The average molecular weight is 385 g/mol. The van der Waals surface area contributed by atoms with Crippen LogP contribution in [0.25, 0.3) is 10.8 Å². The van der Waals surface area contributed by atoms with E-state index in [1.807, 2.05) is 50.2 Å². The van der Waals surface area contributed by atoms with Crippen LogP contribution in [0.5, 0.6) is 11.5 Å². The van der Waals surface area contributed by atoms with E-state index in [4.69, 9.17) is 8.92 Å². The van der Waals surface area contributed by atoms with Gasteiger partial charge in [-0.15, -0.1) is 0 Å². The predicted molar refractivity (Wildman–Crippen MR) is 107 cm³/mol. The topological polar surface area (TPSA) is 55.8 Å². The molecule has 142 valence electrons. The lowest BCUT2D eigenvalue weighted by atomic mass is 10.0. The number of hydrogen-bond donors (Lipinski definition) is 0. The highest BCUT2D eigenvalue weighted by atomic mass is 32.2. The summed E-state index contributed by atoms with van der Waals surface area (Å²) in [7, 11) is 1.54. The second-order valence-electron chi connectivity index (χ2n) is 6.72. The summed E-state index contributed by atoms with van der Waals surface area (Å²) >= 11 is 0. The molecule has 0 aliphatic rings. The molecule has 27 heavy (non-hydrogen) atoms. The molecule has 0 unspecified atom stereocenters. The van der Waals surface area contributed by atoms with E-state index in [1.165, 1.54) is 0 Å². The third kappa shape index (κ3) is 4.23. The van der Waals surface area contributed by atoms with Crippen LogP contribution in [0.1, 0.15) is 11.1 Å². The van der Waals surface area contributed by atoms with E-state index < -0.39 is 10.1 Å². The van der Waals surface area contributed by atoms with Crippen LogP contribution in [0.4, 0.5) is 0 Å². The summed E-state index contributed by atoms with van der Waals surface area (Å²) in [6.45, 7) is 2.44. The van der Waals surface area contributed by atoms with Gasteiger partial charge in [0.25, 0.3) is 0 Å². The second kappa shape index (κ2) is 7.58. The number of benzene rings is 3. The van der Waals surface area contributed by atoms with Crippen molar-refractivity contribution in [3.63, 3.8) is 0 Å². The van der Waals surface area contributed by atoms with Crippen molar-refractivity contribution in [2.24, 2.45) is 0 Å². The number of fused-ring (bicyclic) bond motifs is 1. The van der Waals surface area contributed by atoms with Gasteiger partial charge < -0.3 is 13.8 Å². The third-order valence-electron chi connectivity index (χ3n) is 4.28. The maximum Gasteiger partial charge on any atom is 0.339 e. The minimum absolute atomic E-state index is 0.134. The summed E-state index contributed by atoms with van der Waals surface area (Å²) in [6.07, 6.45) is 0. The Labute approximate surface area is 160 Å². The number of rotatable bonds is 6. The molecule has 3 aromatic carbocycles. The molecule has 0 aliphatic carbocycles. The third-order valence-corrected chi connectivity index (χ3v) is 5.53. The molecule has 0 spiro atoms. The number of nitrogens with zero attached hydrogens (tertiary/aromatic N) is 1. The average Bonchev–Trinajstić information content (AvgIpc) is 2.63. The number of ether oxygens (including phenoxy) is 1. The first-order valence-corrected chi connectivity index (χ1v) is 9.96. The van der Waals surface area contributed by atoms with Crippen LogP contribution in [0.2, 0.25) is 0 Å². The lowest BCUT2D eigenvalue weighted by molar-refractivity contribution is 0.395. The molecular formula is C21H23NO4S. The number of hydrogen-bond acceptors (Lipinski definition) is 5. The fourth-order valence-corrected chi connectivity index (χ4v) is 3.85. The Hall–Kier alpha value is -2.57. The molecule has 0 atom stereocenters. The van der Waals surface area contributed by atoms with Gasteiger partial charge in [0.15, 0.2) is 0 Å². The molecule has 5 nitrogen and oxygen atoms in total. The van der Waals surface area contributed by atoms with Crippen LogP contribution in [0, 0.1) is 6.92 Å². The molecule has 0 radical (unpaired) electrons. The summed E-state index contributed by atoms with van der Waals surface area (Å²) in [6, 6.07) is 15.9. The minimum Gasteiger partial charge on any atom is -0.497 e. The Balaban J connectivity index is 2.11. The largest absolute Gasteiger partial charge is 0.497 e. The van der Waals surface area contributed by atoms with E-state index in [9.17, 15) is 8.42 Å². The molecule has 0 heterocycles. The van der Waals surface area contributed by atoms with Gasteiger partial charge in [-0.1, -0.05) is 29.8 Å². The fourth-order valence-electron chi connectivity index (χ4n) is 2.90. The van der Waals surface area contributed by atoms with E-state index in [0.29, 0.717) is 18.0 Å². The first kappa shape index (κ1) is 19.2. The Bertz CT molecular complexity index is 1060. The quantitative estimate of drug-likeness (QED) is 0.601. The summed E-state index contributed by atoms with van der Waals surface area (Å²) < 4.78 is 36.4. The molecule has 0 amide bonds. The van der Waals surface area contributed by atoms with Gasteiger partial charge in [0.1, 0.15) is 16.4 Å². The molecule has 0 saturated heterocycles. The molecular weight excluding hydrogens is 362 g/mol. The molecule has 0 bridgehead atoms. The number of methoxy groups -OCH3 is 1. The van der Waals surface area contributed by atoms with Gasteiger partial charge in [-0.2, -0.15) is 8.42 Å². The fraction of sp³-hybridized carbons (Fsp3) is 0.238. The minimum atomic E-state index is -3.92. The highest BCUT2D eigenvalue weighted by Gasteiger charge is 2.20. The van der Waals surface area contributed by atoms with E-state index in [-0.39, 0.29) is 4.90 Å². The summed E-state index contributed by atoms with van der Waals surface area (Å²) in [5.74, 6) is 1.03. The van der Waals surface area contributed by atoms with Crippen molar-refractivity contribution in [2.75, 3.05) is 21.2 Å². The van der Waals surface area contributed by atoms with E-state index >= 15 is 0 Å². The van der Waals surface area contributed by atoms with Crippen molar-refractivity contribution in [2.45, 2.75) is 18.4 Å². The Morgan fingerprint density at radius 3 is 2.26 bits per heavy atom. The lowest BCUT2D eigenvalue weighted by Gasteiger charge is -2.18. The zero-order valence-corrected chi connectivity index (χ0v) is 16.7. The van der Waals surface area contributed by atoms with E-state index in [0.717, 1.165) is 21.9 Å². The Morgan fingerprint density at radius 1 is 0.963 bits per heavy atom. The van der Waals surface area contributed by atoms with E-state index in [2.05, 4.69) is 0 Å². The monoisotopic (exact) mass is 385 g/mol. The summed E-state index contributed by atoms with van der Waals surface area (Å²) in [5, 5.41) is 1.90. The molecule has 0 saturated carbocycles. The number of aryl methyl sites for hydroxylation is 1. The van der Waals surface area contributed by atoms with Crippen molar-refractivity contribution < 1.29 is 17.3 Å². The van der Waals surface area contributed by atoms with Gasteiger partial charge in [0.05, 0.1) is 7.11 Å². The molecule has 0 aliphatic heterocycles. The van der Waals surface area contributed by atoms with Crippen molar-refractivity contribution >= 4 is 20.9 Å². The first-order chi connectivity index (χ1) is 12.8. The zero-order chi connectivity index (χ0) is 19.6. The Kier molecular flexibility index (Phi) is 5.39. The summed E-state index contributed by atoms with van der Waals surface area (Å²) in [4.78, 5) is 2.11. The van der Waals surface area contributed by atoms with Crippen LogP contribution < -0.4 is 8.92 Å². The molecule has 3 aromatic rings. The molecule has 3 rings (SSSR count). The van der Waals surface area contributed by atoms with Crippen LogP contribution in [0.15, 0.2) is 59.5 Å². The van der Waals surface area contributed by atoms with Crippen LogP contribution >= 0.6 is 0 Å². The smallest absolute Gasteiger partial charge is 0.339 e. The predicted octanol–water partition coefficient (Wildman–Crippen LogP) is 3.99. The van der Waals surface area contributed by atoms with Gasteiger partial charge in [0.2, 0.25) is 0 Å². The standard InChI is InChI=1S/C21H23NO4S/c1-15-5-10-18(11-6-15)27(23,24)26-21-12-8-16-7-9-17(25-4)13-19(16)20(21)14-22(2)3/h5-13H,14H2,1-4H3. The van der Waals surface area contributed by atoms with Gasteiger partial charge in [-0.3, -0.25) is 0 Å². The van der Waals surface area contributed by atoms with Crippen molar-refractivity contribution in [3.05, 3.63) is 65.7 Å².